The van der Waals surface area contributed by atoms with Crippen molar-refractivity contribution in [3.05, 3.63) is 47.2 Å². The van der Waals surface area contributed by atoms with E-state index in [2.05, 4.69) is 16.5 Å². The summed E-state index contributed by atoms with van der Waals surface area (Å²) in [5.41, 5.74) is 10.7. The first-order valence-corrected chi connectivity index (χ1v) is 6.42. The van der Waals surface area contributed by atoms with Crippen LogP contribution in [0.5, 0.6) is 0 Å². The molecule has 3 rings (SSSR count). The molecule has 19 heavy (non-hydrogen) atoms. The minimum atomic E-state index is 0.666. The minimum Gasteiger partial charge on any atom is -0.397 e. The molecule has 2 heterocycles. The fourth-order valence-corrected chi connectivity index (χ4v) is 2.59. The van der Waals surface area contributed by atoms with E-state index in [0.717, 1.165) is 32.9 Å². The van der Waals surface area contributed by atoms with E-state index in [-0.39, 0.29) is 0 Å². The summed E-state index contributed by atoms with van der Waals surface area (Å²) < 4.78 is 2.15. The van der Waals surface area contributed by atoms with Gasteiger partial charge in [0.05, 0.1) is 17.6 Å². The van der Waals surface area contributed by atoms with Gasteiger partial charge in [0.2, 0.25) is 0 Å². The Morgan fingerprint density at radius 1 is 1.21 bits per heavy atom. The van der Waals surface area contributed by atoms with Crippen LogP contribution < -0.4 is 5.73 Å². The quantitative estimate of drug-likeness (QED) is 0.732. The summed E-state index contributed by atoms with van der Waals surface area (Å²) in [6.07, 6.45) is 1.68. The number of anilines is 1. The van der Waals surface area contributed by atoms with Gasteiger partial charge in [-0.05, 0) is 37.3 Å². The Morgan fingerprint density at radius 3 is 2.68 bits per heavy atom. The molecule has 0 saturated carbocycles. The Hall–Kier alpha value is -2.00. The zero-order valence-electron chi connectivity index (χ0n) is 10.8. The van der Waals surface area contributed by atoms with Gasteiger partial charge < -0.3 is 10.3 Å². The monoisotopic (exact) mass is 271 g/mol. The van der Waals surface area contributed by atoms with E-state index in [9.17, 15) is 0 Å². The number of nitrogens with two attached hydrogens (primary N) is 1. The lowest BCUT2D eigenvalue weighted by molar-refractivity contribution is 0.919. The molecule has 0 bridgehead atoms. The van der Waals surface area contributed by atoms with Crippen LogP contribution in [0.2, 0.25) is 5.02 Å². The minimum absolute atomic E-state index is 0.666. The van der Waals surface area contributed by atoms with Crippen LogP contribution in [0.1, 0.15) is 5.69 Å². The molecule has 0 amide bonds. The second-order valence-electron chi connectivity index (χ2n) is 4.66. The highest BCUT2D eigenvalue weighted by atomic mass is 35.5. The lowest BCUT2D eigenvalue weighted by Crippen LogP contribution is -1.92. The van der Waals surface area contributed by atoms with Gasteiger partial charge in [0, 0.05) is 34.2 Å². The largest absolute Gasteiger partial charge is 0.397 e. The molecule has 0 unspecified atom stereocenters. The van der Waals surface area contributed by atoms with Crippen molar-refractivity contribution in [1.82, 2.24) is 9.55 Å². The second kappa shape index (κ2) is 4.28. The first-order chi connectivity index (χ1) is 9.08. The summed E-state index contributed by atoms with van der Waals surface area (Å²) in [4.78, 5) is 4.42. The fraction of sp³-hybridized carbons (Fsp3) is 0.133. The fourth-order valence-electron chi connectivity index (χ4n) is 2.42. The Labute approximate surface area is 116 Å². The average molecular weight is 272 g/mol. The molecule has 0 atom stereocenters. The summed E-state index contributed by atoms with van der Waals surface area (Å²) in [5.74, 6) is 0. The number of benzene rings is 1. The summed E-state index contributed by atoms with van der Waals surface area (Å²) in [6.45, 7) is 2.08. The summed E-state index contributed by atoms with van der Waals surface area (Å²) in [7, 11) is 2.05. The topological polar surface area (TPSA) is 43.8 Å². The molecule has 0 fully saturated rings. The number of hydrogen-bond acceptors (Lipinski definition) is 2. The molecule has 0 aliphatic rings. The molecule has 1 aromatic carbocycles. The first kappa shape index (κ1) is 12.1. The number of aryl methyl sites for hydroxylation is 1. The predicted octanol–water partition coefficient (Wildman–Crippen LogP) is 3.78. The van der Waals surface area contributed by atoms with Crippen molar-refractivity contribution in [2.45, 2.75) is 6.92 Å². The maximum Gasteiger partial charge on any atom is 0.0727 e. The highest BCUT2D eigenvalue weighted by molar-refractivity contribution is 6.31. The third-order valence-electron chi connectivity index (χ3n) is 3.50. The lowest BCUT2D eigenvalue weighted by atomic mass is 10.1. The zero-order chi connectivity index (χ0) is 13.6. The Balaban J connectivity index is 2.36. The van der Waals surface area contributed by atoms with Gasteiger partial charge in [0.1, 0.15) is 0 Å². The molecule has 0 spiro atoms. The van der Waals surface area contributed by atoms with Gasteiger partial charge >= 0.3 is 0 Å². The van der Waals surface area contributed by atoms with Crippen molar-refractivity contribution in [3.63, 3.8) is 0 Å². The highest BCUT2D eigenvalue weighted by Gasteiger charge is 2.14. The Bertz CT molecular complexity index is 757. The van der Waals surface area contributed by atoms with Crippen LogP contribution in [-0.2, 0) is 7.05 Å². The van der Waals surface area contributed by atoms with Crippen molar-refractivity contribution in [1.29, 1.82) is 0 Å². The van der Waals surface area contributed by atoms with Crippen LogP contribution in [-0.4, -0.2) is 9.55 Å². The zero-order valence-corrected chi connectivity index (χ0v) is 11.6. The number of aromatic nitrogens is 2. The Morgan fingerprint density at radius 2 is 2.00 bits per heavy atom. The van der Waals surface area contributed by atoms with Crippen molar-refractivity contribution in [2.24, 2.45) is 7.05 Å². The van der Waals surface area contributed by atoms with Crippen molar-refractivity contribution >= 4 is 28.2 Å². The molecular weight excluding hydrogens is 258 g/mol. The van der Waals surface area contributed by atoms with Gasteiger partial charge in [0.15, 0.2) is 0 Å². The molecule has 4 heteroatoms. The van der Waals surface area contributed by atoms with Crippen LogP contribution in [0, 0.1) is 6.92 Å². The van der Waals surface area contributed by atoms with Crippen molar-refractivity contribution in [2.75, 3.05) is 5.73 Å². The number of pyridine rings is 1. The van der Waals surface area contributed by atoms with Crippen LogP contribution in [0.4, 0.5) is 5.69 Å². The molecule has 2 aromatic heterocycles. The number of fused-ring (bicyclic) bond motifs is 1. The Kier molecular flexibility index (Phi) is 2.72. The average Bonchev–Trinajstić information content (AvgIpc) is 2.63. The van der Waals surface area contributed by atoms with Gasteiger partial charge in [-0.3, -0.25) is 4.98 Å². The normalized spacial score (nSPS) is 11.1. The van der Waals surface area contributed by atoms with Gasteiger partial charge in [0.25, 0.3) is 0 Å². The molecule has 96 valence electrons. The molecule has 3 nitrogen and oxygen atoms in total. The van der Waals surface area contributed by atoms with Crippen molar-refractivity contribution < 1.29 is 0 Å². The number of nitrogens with zero attached hydrogens (tertiary/aromatic N) is 2. The molecule has 0 aliphatic carbocycles. The molecule has 2 N–H and O–H groups in total. The summed E-state index contributed by atoms with van der Waals surface area (Å²) in [6, 6.07) is 9.73. The van der Waals surface area contributed by atoms with E-state index in [4.69, 9.17) is 17.3 Å². The summed E-state index contributed by atoms with van der Waals surface area (Å²) >= 11 is 6.12. The summed E-state index contributed by atoms with van der Waals surface area (Å²) in [5, 5.41) is 1.85. The van der Waals surface area contributed by atoms with E-state index >= 15 is 0 Å². The number of halogens is 1. The number of nitrogen functional groups attached to an aromatic ring is 1. The third-order valence-corrected chi connectivity index (χ3v) is 3.73. The van der Waals surface area contributed by atoms with Crippen LogP contribution in [0.25, 0.3) is 22.2 Å². The van der Waals surface area contributed by atoms with Gasteiger partial charge in [-0.15, -0.1) is 0 Å². The third kappa shape index (κ3) is 1.87. The van der Waals surface area contributed by atoms with E-state index in [1.54, 1.807) is 6.20 Å². The number of rotatable bonds is 1. The molecule has 0 radical (unpaired) electrons. The van der Waals surface area contributed by atoms with E-state index in [0.29, 0.717) is 5.69 Å². The first-order valence-electron chi connectivity index (χ1n) is 6.04. The smallest absolute Gasteiger partial charge is 0.0727 e. The van der Waals surface area contributed by atoms with E-state index < -0.39 is 0 Å². The van der Waals surface area contributed by atoms with Gasteiger partial charge in [-0.25, -0.2) is 0 Å². The van der Waals surface area contributed by atoms with Gasteiger partial charge in [-0.2, -0.15) is 0 Å². The SMILES string of the molecule is Cc1c(-c2ccc(N)cn2)c2cc(Cl)ccc2n1C. The van der Waals surface area contributed by atoms with Crippen LogP contribution in [0.3, 0.4) is 0 Å². The van der Waals surface area contributed by atoms with Crippen LogP contribution in [0.15, 0.2) is 36.5 Å². The standard InChI is InChI=1S/C15H14ClN3/c1-9-15(13-5-4-11(17)8-18-13)12-7-10(16)3-6-14(12)19(9)2/h3-8H,17H2,1-2H3. The maximum absolute atomic E-state index is 6.12. The van der Waals surface area contributed by atoms with Crippen LogP contribution >= 0.6 is 11.6 Å². The number of hydrogen-bond donors (Lipinski definition) is 1. The lowest BCUT2D eigenvalue weighted by Gasteiger charge is -2.02. The molecular formula is C15H14ClN3. The predicted molar refractivity (Wildman–Crippen MR) is 80.3 cm³/mol. The molecule has 0 aliphatic heterocycles. The van der Waals surface area contributed by atoms with Crippen molar-refractivity contribution in [3.8, 4) is 11.3 Å². The van der Waals surface area contributed by atoms with Gasteiger partial charge in [-0.1, -0.05) is 11.6 Å². The molecule has 0 saturated heterocycles. The van der Waals surface area contributed by atoms with E-state index in [1.165, 1.54) is 0 Å². The highest BCUT2D eigenvalue weighted by Crippen LogP contribution is 2.34. The second-order valence-corrected chi connectivity index (χ2v) is 5.09. The maximum atomic E-state index is 6.12. The van der Waals surface area contributed by atoms with E-state index in [1.807, 2.05) is 37.4 Å². The molecule has 3 aromatic rings.